The molecule has 1 N–H and O–H groups in total. The molecule has 2 rings (SSSR count). The van der Waals surface area contributed by atoms with E-state index in [-0.39, 0.29) is 0 Å². The topological polar surface area (TPSA) is 15.3 Å². The van der Waals surface area contributed by atoms with Gasteiger partial charge in [0.25, 0.3) is 0 Å². The minimum Gasteiger partial charge on any atom is -0.314 e. The zero-order chi connectivity index (χ0) is 12.3. The van der Waals surface area contributed by atoms with E-state index in [1.54, 1.807) is 0 Å². The highest BCUT2D eigenvalue weighted by Crippen LogP contribution is 2.15. The highest BCUT2D eigenvalue weighted by molar-refractivity contribution is 5.28. The molecular formula is C15H24N2. The molecule has 0 aliphatic carbocycles. The minimum absolute atomic E-state index is 0.699. The quantitative estimate of drug-likeness (QED) is 0.861. The lowest BCUT2D eigenvalue weighted by atomic mass is 10.0. The maximum Gasteiger partial charge on any atom is 0.0237 e. The third-order valence-corrected chi connectivity index (χ3v) is 3.61. The summed E-state index contributed by atoms with van der Waals surface area (Å²) in [5.41, 5.74) is 4.22. The molecule has 2 nitrogen and oxygen atoms in total. The molecule has 1 saturated heterocycles. The van der Waals surface area contributed by atoms with Crippen molar-refractivity contribution in [3.05, 3.63) is 34.9 Å². The monoisotopic (exact) mass is 232 g/mol. The van der Waals surface area contributed by atoms with Gasteiger partial charge >= 0.3 is 0 Å². The summed E-state index contributed by atoms with van der Waals surface area (Å²) < 4.78 is 0. The lowest BCUT2D eigenvalue weighted by Crippen LogP contribution is -2.50. The summed E-state index contributed by atoms with van der Waals surface area (Å²) >= 11 is 0. The molecule has 0 bridgehead atoms. The van der Waals surface area contributed by atoms with Gasteiger partial charge in [0.05, 0.1) is 0 Å². The molecule has 1 aromatic carbocycles. The minimum atomic E-state index is 0.699. The first-order chi connectivity index (χ1) is 8.19. The highest BCUT2D eigenvalue weighted by Gasteiger charge is 2.20. The second kappa shape index (κ2) is 5.65. The van der Waals surface area contributed by atoms with Crippen LogP contribution in [0.25, 0.3) is 0 Å². The van der Waals surface area contributed by atoms with E-state index >= 15 is 0 Å². The van der Waals surface area contributed by atoms with Crippen LogP contribution in [0.5, 0.6) is 0 Å². The fraction of sp³-hybridized carbons (Fsp3) is 0.600. The molecule has 17 heavy (non-hydrogen) atoms. The van der Waals surface area contributed by atoms with Gasteiger partial charge in [-0.05, 0) is 25.8 Å². The van der Waals surface area contributed by atoms with Gasteiger partial charge in [-0.25, -0.2) is 0 Å². The first-order valence-corrected chi connectivity index (χ1v) is 6.71. The van der Waals surface area contributed by atoms with E-state index in [4.69, 9.17) is 0 Å². The molecule has 0 saturated carbocycles. The van der Waals surface area contributed by atoms with Gasteiger partial charge in [0.1, 0.15) is 0 Å². The van der Waals surface area contributed by atoms with Crippen LogP contribution in [-0.4, -0.2) is 30.6 Å². The number of piperazine rings is 1. The Morgan fingerprint density at radius 3 is 2.59 bits per heavy atom. The Morgan fingerprint density at radius 2 is 1.94 bits per heavy atom. The summed E-state index contributed by atoms with van der Waals surface area (Å²) in [4.78, 5) is 2.62. The van der Waals surface area contributed by atoms with Crippen molar-refractivity contribution in [3.63, 3.8) is 0 Å². The second-order valence-electron chi connectivity index (χ2n) is 5.23. The maximum absolute atomic E-state index is 3.48. The van der Waals surface area contributed by atoms with Crippen LogP contribution in [0.4, 0.5) is 0 Å². The van der Waals surface area contributed by atoms with Gasteiger partial charge in [-0.3, -0.25) is 4.90 Å². The molecule has 0 aromatic heterocycles. The largest absolute Gasteiger partial charge is 0.314 e. The molecule has 1 aliphatic heterocycles. The Balaban J connectivity index is 2.08. The second-order valence-corrected chi connectivity index (χ2v) is 5.23. The molecule has 0 spiro atoms. The fourth-order valence-corrected chi connectivity index (χ4v) is 2.81. The van der Waals surface area contributed by atoms with E-state index in [9.17, 15) is 0 Å². The summed E-state index contributed by atoms with van der Waals surface area (Å²) in [6.07, 6.45) is 1.23. The maximum atomic E-state index is 3.48. The molecule has 1 atom stereocenters. The van der Waals surface area contributed by atoms with Crippen LogP contribution < -0.4 is 5.32 Å². The molecule has 1 heterocycles. The van der Waals surface area contributed by atoms with E-state index in [1.165, 1.54) is 29.7 Å². The predicted octanol–water partition coefficient (Wildman–Crippen LogP) is 2.49. The Hall–Kier alpha value is -0.860. The molecule has 0 amide bonds. The van der Waals surface area contributed by atoms with E-state index in [0.29, 0.717) is 6.04 Å². The van der Waals surface area contributed by atoms with E-state index < -0.39 is 0 Å². The van der Waals surface area contributed by atoms with Crippen LogP contribution in [0.2, 0.25) is 0 Å². The van der Waals surface area contributed by atoms with Crippen molar-refractivity contribution in [1.82, 2.24) is 10.2 Å². The number of aryl methyl sites for hydroxylation is 2. The van der Waals surface area contributed by atoms with Crippen LogP contribution in [-0.2, 0) is 6.54 Å². The van der Waals surface area contributed by atoms with E-state index in [0.717, 1.165) is 19.6 Å². The van der Waals surface area contributed by atoms with Gasteiger partial charge in [0, 0.05) is 32.2 Å². The van der Waals surface area contributed by atoms with Crippen LogP contribution in [0, 0.1) is 13.8 Å². The first-order valence-electron chi connectivity index (χ1n) is 6.71. The number of rotatable bonds is 3. The molecule has 1 aromatic rings. The van der Waals surface area contributed by atoms with Crippen LogP contribution in [0.1, 0.15) is 30.0 Å². The van der Waals surface area contributed by atoms with Crippen molar-refractivity contribution < 1.29 is 0 Å². The van der Waals surface area contributed by atoms with Crippen molar-refractivity contribution >= 4 is 0 Å². The SMILES string of the molecule is CCC1CNCCN1Cc1cc(C)cc(C)c1. The fourth-order valence-electron chi connectivity index (χ4n) is 2.81. The van der Waals surface area contributed by atoms with Crippen molar-refractivity contribution in [2.24, 2.45) is 0 Å². The summed E-state index contributed by atoms with van der Waals surface area (Å²) in [7, 11) is 0. The highest BCUT2D eigenvalue weighted by atomic mass is 15.2. The first kappa shape index (κ1) is 12.6. The molecule has 0 radical (unpaired) electrons. The third kappa shape index (κ3) is 3.30. The zero-order valence-corrected chi connectivity index (χ0v) is 11.3. The smallest absolute Gasteiger partial charge is 0.0237 e. The van der Waals surface area contributed by atoms with Gasteiger partial charge in [-0.1, -0.05) is 36.2 Å². The van der Waals surface area contributed by atoms with Crippen molar-refractivity contribution in [2.75, 3.05) is 19.6 Å². The zero-order valence-electron chi connectivity index (χ0n) is 11.3. The van der Waals surface area contributed by atoms with Gasteiger partial charge in [0.2, 0.25) is 0 Å². The molecule has 1 fully saturated rings. The molecule has 94 valence electrons. The van der Waals surface area contributed by atoms with Crippen molar-refractivity contribution in [3.8, 4) is 0 Å². The van der Waals surface area contributed by atoms with Gasteiger partial charge in [0.15, 0.2) is 0 Å². The average molecular weight is 232 g/mol. The Kier molecular flexibility index (Phi) is 4.19. The summed E-state index contributed by atoms with van der Waals surface area (Å²) in [5, 5.41) is 3.48. The third-order valence-electron chi connectivity index (χ3n) is 3.61. The van der Waals surface area contributed by atoms with Crippen molar-refractivity contribution in [2.45, 2.75) is 39.8 Å². The molecule has 2 heteroatoms. The van der Waals surface area contributed by atoms with Gasteiger partial charge in [-0.2, -0.15) is 0 Å². The number of hydrogen-bond acceptors (Lipinski definition) is 2. The Morgan fingerprint density at radius 1 is 1.24 bits per heavy atom. The Labute approximate surface area is 105 Å². The lowest BCUT2D eigenvalue weighted by Gasteiger charge is -2.35. The Bertz CT molecular complexity index is 353. The molecular weight excluding hydrogens is 208 g/mol. The number of hydrogen-bond donors (Lipinski definition) is 1. The molecule has 1 unspecified atom stereocenters. The van der Waals surface area contributed by atoms with Gasteiger partial charge < -0.3 is 5.32 Å². The van der Waals surface area contributed by atoms with E-state index in [2.05, 4.69) is 49.2 Å². The summed E-state index contributed by atoms with van der Waals surface area (Å²) in [6, 6.07) is 7.59. The number of benzene rings is 1. The predicted molar refractivity (Wildman–Crippen MR) is 73.3 cm³/mol. The number of nitrogens with one attached hydrogen (secondary N) is 1. The van der Waals surface area contributed by atoms with Crippen molar-refractivity contribution in [1.29, 1.82) is 0 Å². The summed E-state index contributed by atoms with van der Waals surface area (Å²) in [5.74, 6) is 0. The normalized spacial score (nSPS) is 21.7. The lowest BCUT2D eigenvalue weighted by molar-refractivity contribution is 0.149. The molecule has 1 aliphatic rings. The van der Waals surface area contributed by atoms with Crippen LogP contribution in [0.3, 0.4) is 0 Å². The van der Waals surface area contributed by atoms with Crippen LogP contribution in [0.15, 0.2) is 18.2 Å². The summed E-state index contributed by atoms with van der Waals surface area (Å²) in [6.45, 7) is 11.2. The van der Waals surface area contributed by atoms with Crippen LogP contribution >= 0.6 is 0 Å². The number of nitrogens with zero attached hydrogens (tertiary/aromatic N) is 1. The van der Waals surface area contributed by atoms with Gasteiger partial charge in [-0.15, -0.1) is 0 Å². The standard InChI is InChI=1S/C15H24N2/c1-4-15-10-16-5-6-17(15)11-14-8-12(2)7-13(3)9-14/h7-9,15-16H,4-6,10-11H2,1-3H3. The average Bonchev–Trinajstić information content (AvgIpc) is 2.28. The van der Waals surface area contributed by atoms with E-state index in [1.807, 2.05) is 0 Å².